The standard InChI is InChI=1S/C32H39N3O5/c1-32(2,3)40-29(38)19-23-11-15-25(16-12-23)31(39)35-26(17-21-7-5-4-6-8-21)30-33-20-27(34-30)24-13-9-22(10-14-24)18-28(36)37/h4-10,13-14,20,23,25-26H,11-12,15-19H2,1-3H3,(H,33,34)(H,35,39)(H,36,37)/t23?,25?,26-/m0/s1. The van der Waals surface area contributed by atoms with E-state index in [-0.39, 0.29) is 36.2 Å². The van der Waals surface area contributed by atoms with E-state index in [1.54, 1.807) is 18.3 Å². The number of carbonyl (C=O) groups is 3. The van der Waals surface area contributed by atoms with Gasteiger partial charge in [-0.05, 0) is 75.5 Å². The van der Waals surface area contributed by atoms with E-state index >= 15 is 0 Å². The van der Waals surface area contributed by atoms with E-state index in [0.29, 0.717) is 18.7 Å². The fourth-order valence-electron chi connectivity index (χ4n) is 5.24. The van der Waals surface area contributed by atoms with Crippen molar-refractivity contribution in [2.75, 3.05) is 0 Å². The monoisotopic (exact) mass is 545 g/mol. The lowest BCUT2D eigenvalue weighted by molar-refractivity contribution is -0.156. The summed E-state index contributed by atoms with van der Waals surface area (Å²) in [5.41, 5.74) is 3.01. The highest BCUT2D eigenvalue weighted by molar-refractivity contribution is 5.79. The van der Waals surface area contributed by atoms with Crippen molar-refractivity contribution in [2.45, 2.75) is 77.4 Å². The Morgan fingerprint density at radius 3 is 2.30 bits per heavy atom. The zero-order valence-corrected chi connectivity index (χ0v) is 23.5. The molecule has 0 unspecified atom stereocenters. The van der Waals surface area contributed by atoms with Crippen LogP contribution in [0.25, 0.3) is 11.3 Å². The second-order valence-electron chi connectivity index (χ2n) is 11.7. The maximum atomic E-state index is 13.4. The van der Waals surface area contributed by atoms with Crippen molar-refractivity contribution in [3.8, 4) is 11.3 Å². The number of aromatic nitrogens is 2. The van der Waals surface area contributed by atoms with Crippen LogP contribution in [0.3, 0.4) is 0 Å². The topological polar surface area (TPSA) is 121 Å². The number of hydrogen-bond acceptors (Lipinski definition) is 5. The summed E-state index contributed by atoms with van der Waals surface area (Å²) in [7, 11) is 0. The molecule has 1 saturated carbocycles. The van der Waals surface area contributed by atoms with Crippen molar-refractivity contribution in [1.82, 2.24) is 15.3 Å². The summed E-state index contributed by atoms with van der Waals surface area (Å²) in [5.74, 6) is -0.230. The molecule has 2 aromatic carbocycles. The molecule has 0 aliphatic heterocycles. The van der Waals surface area contributed by atoms with Gasteiger partial charge in [-0.15, -0.1) is 0 Å². The van der Waals surface area contributed by atoms with Gasteiger partial charge < -0.3 is 20.1 Å². The average molecular weight is 546 g/mol. The Labute approximate surface area is 235 Å². The van der Waals surface area contributed by atoms with Crippen LogP contribution in [0.15, 0.2) is 60.8 Å². The number of imidazole rings is 1. The second kappa shape index (κ2) is 12.9. The number of nitrogens with zero attached hydrogens (tertiary/aromatic N) is 1. The smallest absolute Gasteiger partial charge is 0.307 e. The Kier molecular flexibility index (Phi) is 9.40. The number of aliphatic carboxylic acids is 1. The number of carboxylic acids is 1. The number of nitrogens with one attached hydrogen (secondary N) is 2. The molecule has 0 bridgehead atoms. The minimum absolute atomic E-state index is 0.00706. The van der Waals surface area contributed by atoms with Gasteiger partial charge in [-0.1, -0.05) is 54.6 Å². The van der Waals surface area contributed by atoms with Gasteiger partial charge in [-0.3, -0.25) is 14.4 Å². The highest BCUT2D eigenvalue weighted by Crippen LogP contribution is 2.32. The molecule has 0 spiro atoms. The van der Waals surface area contributed by atoms with Crippen LogP contribution in [0.1, 0.15) is 75.9 Å². The van der Waals surface area contributed by atoms with E-state index in [1.165, 1.54) is 0 Å². The average Bonchev–Trinajstić information content (AvgIpc) is 3.39. The summed E-state index contributed by atoms with van der Waals surface area (Å²) in [4.78, 5) is 44.6. The first-order valence-corrected chi connectivity index (χ1v) is 14.0. The van der Waals surface area contributed by atoms with Gasteiger partial charge in [0.2, 0.25) is 5.91 Å². The van der Waals surface area contributed by atoms with Crippen molar-refractivity contribution in [3.63, 3.8) is 0 Å². The molecule has 1 heterocycles. The molecule has 4 rings (SSSR count). The molecule has 1 atom stereocenters. The van der Waals surface area contributed by atoms with Crippen LogP contribution in [-0.2, 0) is 32.0 Å². The highest BCUT2D eigenvalue weighted by Gasteiger charge is 2.30. The normalized spacial score (nSPS) is 18.1. The van der Waals surface area contributed by atoms with E-state index < -0.39 is 11.6 Å². The lowest BCUT2D eigenvalue weighted by atomic mass is 9.80. The fraction of sp³-hybridized carbons (Fsp3) is 0.438. The number of esters is 1. The number of ether oxygens (including phenoxy) is 1. The third-order valence-electron chi connectivity index (χ3n) is 7.24. The number of aromatic amines is 1. The van der Waals surface area contributed by atoms with Gasteiger partial charge >= 0.3 is 11.9 Å². The SMILES string of the molecule is CC(C)(C)OC(=O)CC1CCC(C(=O)N[C@@H](Cc2ccccc2)c2ncc(-c3ccc(CC(=O)O)cc3)[nH]2)CC1. The summed E-state index contributed by atoms with van der Waals surface area (Å²) in [6, 6.07) is 17.0. The summed E-state index contributed by atoms with van der Waals surface area (Å²) in [6.07, 6.45) is 5.83. The molecule has 40 heavy (non-hydrogen) atoms. The third kappa shape index (κ3) is 8.53. The molecule has 1 fully saturated rings. The summed E-state index contributed by atoms with van der Waals surface area (Å²) >= 11 is 0. The molecule has 1 aliphatic carbocycles. The number of H-pyrrole nitrogens is 1. The van der Waals surface area contributed by atoms with Crippen molar-refractivity contribution < 1.29 is 24.2 Å². The van der Waals surface area contributed by atoms with Crippen LogP contribution in [0.4, 0.5) is 0 Å². The number of carbonyl (C=O) groups excluding carboxylic acids is 2. The first-order valence-electron chi connectivity index (χ1n) is 14.0. The van der Waals surface area contributed by atoms with Gasteiger partial charge in [0.1, 0.15) is 11.4 Å². The Balaban J connectivity index is 1.41. The van der Waals surface area contributed by atoms with Crippen LogP contribution in [0.5, 0.6) is 0 Å². The zero-order chi connectivity index (χ0) is 28.7. The molecule has 0 saturated heterocycles. The first-order chi connectivity index (χ1) is 19.1. The maximum Gasteiger partial charge on any atom is 0.307 e. The molecular formula is C32H39N3O5. The largest absolute Gasteiger partial charge is 0.481 e. The number of amides is 1. The third-order valence-corrected chi connectivity index (χ3v) is 7.24. The zero-order valence-electron chi connectivity index (χ0n) is 23.5. The molecule has 1 aromatic heterocycles. The minimum atomic E-state index is -0.868. The van der Waals surface area contributed by atoms with Crippen molar-refractivity contribution in [1.29, 1.82) is 0 Å². The molecule has 3 N–H and O–H groups in total. The lowest BCUT2D eigenvalue weighted by Crippen LogP contribution is -2.37. The van der Waals surface area contributed by atoms with E-state index in [4.69, 9.17) is 9.84 Å². The summed E-state index contributed by atoms with van der Waals surface area (Å²) in [6.45, 7) is 5.62. The number of rotatable bonds is 10. The predicted molar refractivity (Wildman–Crippen MR) is 152 cm³/mol. The summed E-state index contributed by atoms with van der Waals surface area (Å²) < 4.78 is 5.48. The first kappa shape index (κ1) is 29.1. The Hall–Kier alpha value is -3.94. The van der Waals surface area contributed by atoms with Crippen molar-refractivity contribution >= 4 is 17.8 Å². The minimum Gasteiger partial charge on any atom is -0.481 e. The molecule has 212 valence electrons. The number of carboxylic acid groups (broad SMARTS) is 1. The number of hydrogen-bond donors (Lipinski definition) is 3. The van der Waals surface area contributed by atoms with Gasteiger partial charge in [0.25, 0.3) is 0 Å². The molecule has 1 amide bonds. The van der Waals surface area contributed by atoms with E-state index in [0.717, 1.165) is 48.1 Å². The molecule has 1 aliphatic rings. The van der Waals surface area contributed by atoms with Crippen LogP contribution in [0, 0.1) is 11.8 Å². The molecule has 8 nitrogen and oxygen atoms in total. The number of benzene rings is 2. The Morgan fingerprint density at radius 1 is 1.00 bits per heavy atom. The van der Waals surface area contributed by atoms with Crippen molar-refractivity contribution in [2.24, 2.45) is 11.8 Å². The predicted octanol–water partition coefficient (Wildman–Crippen LogP) is 5.64. The van der Waals surface area contributed by atoms with Gasteiger partial charge in [-0.25, -0.2) is 4.98 Å². The molecular weight excluding hydrogens is 506 g/mol. The lowest BCUT2D eigenvalue weighted by Gasteiger charge is -2.29. The molecule has 8 heteroatoms. The van der Waals surface area contributed by atoms with Gasteiger partial charge in [0.05, 0.1) is 24.4 Å². The van der Waals surface area contributed by atoms with Crippen LogP contribution < -0.4 is 5.32 Å². The Morgan fingerprint density at radius 2 is 1.68 bits per heavy atom. The van der Waals surface area contributed by atoms with Crippen LogP contribution >= 0.6 is 0 Å². The quantitative estimate of drug-likeness (QED) is 0.284. The van der Waals surface area contributed by atoms with Gasteiger partial charge in [0.15, 0.2) is 0 Å². The second-order valence-corrected chi connectivity index (χ2v) is 11.7. The highest BCUT2D eigenvalue weighted by atomic mass is 16.6. The van der Waals surface area contributed by atoms with Crippen LogP contribution in [0.2, 0.25) is 0 Å². The van der Waals surface area contributed by atoms with E-state index in [1.807, 2.05) is 63.2 Å². The van der Waals surface area contributed by atoms with E-state index in [2.05, 4.69) is 15.3 Å². The summed E-state index contributed by atoms with van der Waals surface area (Å²) in [5, 5.41) is 12.3. The Bertz CT molecular complexity index is 1290. The van der Waals surface area contributed by atoms with Gasteiger partial charge in [0, 0.05) is 12.3 Å². The molecule has 3 aromatic rings. The van der Waals surface area contributed by atoms with Crippen molar-refractivity contribution in [3.05, 3.63) is 77.7 Å². The maximum absolute atomic E-state index is 13.4. The molecule has 0 radical (unpaired) electrons. The van der Waals surface area contributed by atoms with Crippen LogP contribution in [-0.4, -0.2) is 38.5 Å². The fourth-order valence-corrected chi connectivity index (χ4v) is 5.24. The van der Waals surface area contributed by atoms with E-state index in [9.17, 15) is 14.4 Å². The van der Waals surface area contributed by atoms with Gasteiger partial charge in [-0.2, -0.15) is 0 Å².